The van der Waals surface area contributed by atoms with E-state index in [9.17, 15) is 4.79 Å². The monoisotopic (exact) mass is 185 g/mol. The molecular formula is C7H11N3OS. The first-order valence-electron chi connectivity index (χ1n) is 3.61. The van der Waals surface area contributed by atoms with Gasteiger partial charge in [-0.1, -0.05) is 0 Å². The van der Waals surface area contributed by atoms with E-state index < -0.39 is 0 Å². The number of thiol groups is 1. The van der Waals surface area contributed by atoms with E-state index in [0.717, 1.165) is 5.69 Å². The second kappa shape index (κ2) is 4.15. The smallest absolute Gasteiger partial charge is 0.225 e. The van der Waals surface area contributed by atoms with Crippen LogP contribution in [0.3, 0.4) is 0 Å². The normalized spacial score (nSPS) is 9.83. The molecular weight excluding hydrogens is 174 g/mol. The minimum atomic E-state index is -0.0296. The lowest BCUT2D eigenvalue weighted by molar-refractivity contribution is -0.115. The maximum absolute atomic E-state index is 11.0. The molecule has 0 spiro atoms. The molecule has 66 valence electrons. The van der Waals surface area contributed by atoms with E-state index in [2.05, 4.69) is 23.0 Å². The van der Waals surface area contributed by atoms with Gasteiger partial charge in [-0.3, -0.25) is 9.48 Å². The molecule has 0 saturated heterocycles. The highest BCUT2D eigenvalue weighted by Crippen LogP contribution is 2.03. The topological polar surface area (TPSA) is 46.9 Å². The number of nitrogens with one attached hydrogen (secondary N) is 1. The fraction of sp³-hybridized carbons (Fsp3) is 0.429. The van der Waals surface area contributed by atoms with Crippen molar-refractivity contribution in [2.75, 3.05) is 11.1 Å². The second-order valence-electron chi connectivity index (χ2n) is 2.42. The van der Waals surface area contributed by atoms with E-state index in [1.165, 1.54) is 0 Å². The number of amides is 1. The Balaban J connectivity index is 2.46. The van der Waals surface area contributed by atoms with Crippen LogP contribution in [-0.2, 0) is 11.8 Å². The predicted molar refractivity (Wildman–Crippen MR) is 50.3 cm³/mol. The Bertz CT molecular complexity index is 271. The Kier molecular flexibility index (Phi) is 3.16. The van der Waals surface area contributed by atoms with E-state index in [0.29, 0.717) is 12.2 Å². The molecule has 0 radical (unpaired) electrons. The lowest BCUT2D eigenvalue weighted by Crippen LogP contribution is -2.10. The number of rotatable bonds is 3. The van der Waals surface area contributed by atoms with Crippen molar-refractivity contribution in [1.82, 2.24) is 9.78 Å². The van der Waals surface area contributed by atoms with E-state index >= 15 is 0 Å². The van der Waals surface area contributed by atoms with Crippen LogP contribution in [0.5, 0.6) is 0 Å². The van der Waals surface area contributed by atoms with Gasteiger partial charge in [-0.2, -0.15) is 17.7 Å². The first-order valence-corrected chi connectivity index (χ1v) is 4.25. The van der Waals surface area contributed by atoms with Crippen molar-refractivity contribution in [2.24, 2.45) is 7.05 Å². The van der Waals surface area contributed by atoms with Crippen LogP contribution in [0.4, 0.5) is 5.69 Å². The zero-order chi connectivity index (χ0) is 8.97. The third kappa shape index (κ3) is 2.58. The van der Waals surface area contributed by atoms with Crippen LogP contribution in [-0.4, -0.2) is 21.4 Å². The molecule has 1 N–H and O–H groups in total. The Hall–Kier alpha value is -0.970. The molecule has 1 rings (SSSR count). The van der Waals surface area contributed by atoms with Crippen LogP contribution >= 0.6 is 12.6 Å². The number of anilines is 1. The van der Waals surface area contributed by atoms with Crippen molar-refractivity contribution in [3.05, 3.63) is 12.4 Å². The molecule has 0 unspecified atom stereocenters. The first-order chi connectivity index (χ1) is 5.72. The Labute approximate surface area is 76.4 Å². The van der Waals surface area contributed by atoms with Gasteiger partial charge in [-0.15, -0.1) is 0 Å². The number of carbonyl (C=O) groups is 1. The van der Waals surface area contributed by atoms with Crippen LogP contribution in [0.1, 0.15) is 6.42 Å². The Morgan fingerprint density at radius 3 is 3.08 bits per heavy atom. The van der Waals surface area contributed by atoms with E-state index in [1.54, 1.807) is 24.1 Å². The summed E-state index contributed by atoms with van der Waals surface area (Å²) in [5.74, 6) is 0.532. The number of nitrogens with zero attached hydrogens (tertiary/aromatic N) is 2. The van der Waals surface area contributed by atoms with Crippen LogP contribution < -0.4 is 5.32 Å². The number of hydrogen-bond acceptors (Lipinski definition) is 3. The number of hydrogen-bond donors (Lipinski definition) is 2. The summed E-state index contributed by atoms with van der Waals surface area (Å²) in [5, 5.41) is 6.61. The molecule has 0 atom stereocenters. The largest absolute Gasteiger partial charge is 0.323 e. The molecule has 0 aliphatic rings. The lowest BCUT2D eigenvalue weighted by atomic mass is 10.4. The van der Waals surface area contributed by atoms with Crippen molar-refractivity contribution in [1.29, 1.82) is 0 Å². The van der Waals surface area contributed by atoms with Gasteiger partial charge in [-0.05, 0) is 5.75 Å². The fourth-order valence-electron chi connectivity index (χ4n) is 0.811. The maximum Gasteiger partial charge on any atom is 0.225 e. The third-order valence-corrected chi connectivity index (χ3v) is 1.55. The van der Waals surface area contributed by atoms with Crippen molar-refractivity contribution in [3.63, 3.8) is 0 Å². The molecule has 0 aliphatic carbocycles. The molecule has 0 fully saturated rings. The Morgan fingerprint density at radius 1 is 1.83 bits per heavy atom. The van der Waals surface area contributed by atoms with Gasteiger partial charge in [0.1, 0.15) is 0 Å². The predicted octanol–water partition coefficient (Wildman–Crippen LogP) is 0.678. The summed E-state index contributed by atoms with van der Waals surface area (Å²) >= 11 is 3.95. The lowest BCUT2D eigenvalue weighted by Gasteiger charge is -1.98. The summed E-state index contributed by atoms with van der Waals surface area (Å²) in [4.78, 5) is 11.0. The van der Waals surface area contributed by atoms with Gasteiger partial charge in [-0.25, -0.2) is 0 Å². The van der Waals surface area contributed by atoms with Crippen LogP contribution in [0.25, 0.3) is 0 Å². The van der Waals surface area contributed by atoms with Gasteiger partial charge in [0, 0.05) is 19.7 Å². The summed E-state index contributed by atoms with van der Waals surface area (Å²) < 4.78 is 1.64. The fourth-order valence-corrected chi connectivity index (χ4v) is 1.01. The first kappa shape index (κ1) is 9.12. The summed E-state index contributed by atoms with van der Waals surface area (Å²) in [6.45, 7) is 0. The number of aromatic nitrogens is 2. The summed E-state index contributed by atoms with van der Waals surface area (Å²) in [6.07, 6.45) is 3.78. The quantitative estimate of drug-likeness (QED) is 0.680. The van der Waals surface area contributed by atoms with E-state index in [-0.39, 0.29) is 5.91 Å². The van der Waals surface area contributed by atoms with Gasteiger partial charge in [0.25, 0.3) is 0 Å². The van der Waals surface area contributed by atoms with Crippen molar-refractivity contribution >= 4 is 24.2 Å². The molecule has 0 aromatic carbocycles. The molecule has 5 heteroatoms. The molecule has 0 saturated carbocycles. The molecule has 12 heavy (non-hydrogen) atoms. The molecule has 4 nitrogen and oxygen atoms in total. The van der Waals surface area contributed by atoms with Gasteiger partial charge >= 0.3 is 0 Å². The van der Waals surface area contributed by atoms with Crippen LogP contribution in [0.2, 0.25) is 0 Å². The highest BCUT2D eigenvalue weighted by atomic mass is 32.1. The minimum absolute atomic E-state index is 0.0296. The zero-order valence-electron chi connectivity index (χ0n) is 6.82. The average molecular weight is 185 g/mol. The molecule has 1 amide bonds. The highest BCUT2D eigenvalue weighted by molar-refractivity contribution is 7.80. The molecule has 1 aromatic rings. The summed E-state index contributed by atoms with van der Waals surface area (Å²) in [5.41, 5.74) is 0.726. The summed E-state index contributed by atoms with van der Waals surface area (Å²) in [7, 11) is 1.80. The van der Waals surface area contributed by atoms with Crippen molar-refractivity contribution in [2.45, 2.75) is 6.42 Å². The summed E-state index contributed by atoms with van der Waals surface area (Å²) in [6, 6.07) is 0. The number of aryl methyl sites for hydroxylation is 1. The molecule has 1 aromatic heterocycles. The molecule has 0 aliphatic heterocycles. The maximum atomic E-state index is 11.0. The van der Waals surface area contributed by atoms with Crippen LogP contribution in [0.15, 0.2) is 12.4 Å². The second-order valence-corrected chi connectivity index (χ2v) is 2.87. The zero-order valence-corrected chi connectivity index (χ0v) is 7.71. The van der Waals surface area contributed by atoms with Gasteiger partial charge < -0.3 is 5.32 Å². The highest BCUT2D eigenvalue weighted by Gasteiger charge is 2.01. The van der Waals surface area contributed by atoms with Gasteiger partial charge in [0.05, 0.1) is 11.9 Å². The minimum Gasteiger partial charge on any atom is -0.323 e. The van der Waals surface area contributed by atoms with Gasteiger partial charge in [0.15, 0.2) is 0 Å². The standard InChI is InChI=1S/C7H11N3OS/c1-10-5-6(4-8-10)9-7(11)2-3-12/h4-5,12H,2-3H2,1H3,(H,9,11). The van der Waals surface area contributed by atoms with Crippen LogP contribution in [0, 0.1) is 0 Å². The Morgan fingerprint density at radius 2 is 2.58 bits per heavy atom. The molecule has 1 heterocycles. The van der Waals surface area contributed by atoms with Crippen molar-refractivity contribution < 1.29 is 4.79 Å². The number of carbonyl (C=O) groups excluding carboxylic acids is 1. The van der Waals surface area contributed by atoms with Gasteiger partial charge in [0.2, 0.25) is 5.91 Å². The van der Waals surface area contributed by atoms with E-state index in [4.69, 9.17) is 0 Å². The average Bonchev–Trinajstić information content (AvgIpc) is 2.36. The van der Waals surface area contributed by atoms with Crippen molar-refractivity contribution in [3.8, 4) is 0 Å². The third-order valence-electron chi connectivity index (χ3n) is 1.33. The molecule has 0 bridgehead atoms. The SMILES string of the molecule is Cn1cc(NC(=O)CCS)cn1. The van der Waals surface area contributed by atoms with E-state index in [1.807, 2.05) is 0 Å².